The van der Waals surface area contributed by atoms with Crippen LogP contribution in [0.5, 0.6) is 0 Å². The maximum absolute atomic E-state index is 11.5. The quantitative estimate of drug-likeness (QED) is 0.720. The minimum absolute atomic E-state index is 0.110. The van der Waals surface area contributed by atoms with Gasteiger partial charge in [0.2, 0.25) is 0 Å². The third-order valence-corrected chi connectivity index (χ3v) is 2.09. The smallest absolute Gasteiger partial charge is 0.176 e. The highest BCUT2D eigenvalue weighted by molar-refractivity contribution is 5.97. The Labute approximate surface area is 92.0 Å². The number of carbonyl (C=O) groups excluding carboxylic acids is 1. The lowest BCUT2D eigenvalue weighted by Crippen LogP contribution is -2.00. The van der Waals surface area contributed by atoms with Crippen molar-refractivity contribution in [2.24, 2.45) is 0 Å². The van der Waals surface area contributed by atoms with Gasteiger partial charge in [-0.05, 0) is 12.1 Å². The molecule has 0 atom stereocenters. The summed E-state index contributed by atoms with van der Waals surface area (Å²) in [6.07, 6.45) is 2.86. The van der Waals surface area contributed by atoms with Crippen molar-refractivity contribution in [3.8, 4) is 11.8 Å². The van der Waals surface area contributed by atoms with Crippen LogP contribution in [0.15, 0.2) is 36.9 Å². The molecule has 0 bridgehead atoms. The number of hydrogen-bond donors (Lipinski definition) is 0. The Kier molecular flexibility index (Phi) is 2.74. The minimum atomic E-state index is -0.190. The molecule has 0 spiro atoms. The molecule has 2 aromatic rings. The van der Waals surface area contributed by atoms with E-state index in [1.54, 1.807) is 29.2 Å². The van der Waals surface area contributed by atoms with E-state index in [2.05, 4.69) is 10.1 Å². The van der Waals surface area contributed by atoms with Gasteiger partial charge in [-0.3, -0.25) is 4.79 Å². The van der Waals surface area contributed by atoms with Crippen molar-refractivity contribution in [3.63, 3.8) is 0 Å². The number of nitrogens with zero attached hydrogens (tertiary/aromatic N) is 4. The number of Topliss-reactive ketones (excluding diaryl/α,β-unsaturated/α-hetero) is 1. The van der Waals surface area contributed by atoms with Crippen LogP contribution in [0.1, 0.15) is 16.8 Å². The first kappa shape index (κ1) is 10.1. The van der Waals surface area contributed by atoms with E-state index >= 15 is 0 Å². The predicted octanol–water partition coefficient (Wildman–Crippen LogP) is 1.36. The van der Waals surface area contributed by atoms with E-state index in [1.165, 1.54) is 6.33 Å². The molecule has 1 heterocycles. The van der Waals surface area contributed by atoms with Crippen molar-refractivity contribution in [1.82, 2.24) is 14.8 Å². The van der Waals surface area contributed by atoms with Crippen molar-refractivity contribution in [2.45, 2.75) is 6.42 Å². The zero-order chi connectivity index (χ0) is 11.4. The zero-order valence-electron chi connectivity index (χ0n) is 8.37. The van der Waals surface area contributed by atoms with Gasteiger partial charge in [0.05, 0.1) is 18.2 Å². The molecular formula is C11H8N4O. The first-order valence-electron chi connectivity index (χ1n) is 4.66. The van der Waals surface area contributed by atoms with Crippen LogP contribution < -0.4 is 0 Å². The van der Waals surface area contributed by atoms with Crippen LogP contribution in [0.3, 0.4) is 0 Å². The van der Waals surface area contributed by atoms with E-state index in [0.29, 0.717) is 5.56 Å². The van der Waals surface area contributed by atoms with Crippen molar-refractivity contribution in [1.29, 1.82) is 5.26 Å². The Balaban J connectivity index is 2.34. The van der Waals surface area contributed by atoms with Gasteiger partial charge >= 0.3 is 0 Å². The van der Waals surface area contributed by atoms with E-state index in [-0.39, 0.29) is 12.2 Å². The average molecular weight is 212 g/mol. The van der Waals surface area contributed by atoms with Crippen LogP contribution in [0.2, 0.25) is 0 Å². The normalized spacial score (nSPS) is 9.69. The van der Waals surface area contributed by atoms with Crippen LogP contribution in [0, 0.1) is 11.3 Å². The summed E-state index contributed by atoms with van der Waals surface area (Å²) in [4.78, 5) is 15.3. The van der Waals surface area contributed by atoms with Crippen LogP contribution in [-0.4, -0.2) is 20.5 Å². The van der Waals surface area contributed by atoms with Gasteiger partial charge in [-0.15, -0.1) is 0 Å². The van der Waals surface area contributed by atoms with Crippen molar-refractivity contribution in [2.75, 3.05) is 0 Å². The number of rotatable bonds is 3. The van der Waals surface area contributed by atoms with Gasteiger partial charge in [0.25, 0.3) is 0 Å². The van der Waals surface area contributed by atoms with Gasteiger partial charge in [0, 0.05) is 5.56 Å². The highest BCUT2D eigenvalue weighted by Gasteiger charge is 2.06. The molecule has 0 fully saturated rings. The largest absolute Gasteiger partial charge is 0.293 e. The lowest BCUT2D eigenvalue weighted by atomic mass is 10.1. The summed E-state index contributed by atoms with van der Waals surface area (Å²) in [7, 11) is 0. The SMILES string of the molecule is N#CCC(=O)c1cccc(-n2cncn2)c1. The highest BCUT2D eigenvalue weighted by Crippen LogP contribution is 2.10. The molecule has 0 aliphatic rings. The number of hydrogen-bond acceptors (Lipinski definition) is 4. The molecule has 1 aromatic carbocycles. The standard InChI is InChI=1S/C11H8N4O/c12-5-4-11(16)9-2-1-3-10(6-9)15-8-13-7-14-15/h1-3,6-8H,4H2. The Hall–Kier alpha value is -2.48. The van der Waals surface area contributed by atoms with Gasteiger partial charge in [-0.25, -0.2) is 9.67 Å². The van der Waals surface area contributed by atoms with Crippen LogP contribution in [-0.2, 0) is 0 Å². The molecule has 16 heavy (non-hydrogen) atoms. The molecule has 0 N–H and O–H groups in total. The van der Waals surface area contributed by atoms with Gasteiger partial charge in [0.1, 0.15) is 12.7 Å². The second kappa shape index (κ2) is 4.36. The zero-order valence-corrected chi connectivity index (χ0v) is 8.37. The Bertz CT molecular complexity index is 539. The topological polar surface area (TPSA) is 71.6 Å². The van der Waals surface area contributed by atoms with Crippen LogP contribution >= 0.6 is 0 Å². The summed E-state index contributed by atoms with van der Waals surface area (Å²) in [6.45, 7) is 0. The Morgan fingerprint density at radius 1 is 1.50 bits per heavy atom. The number of aromatic nitrogens is 3. The summed E-state index contributed by atoms with van der Waals surface area (Å²) in [5.41, 5.74) is 1.26. The minimum Gasteiger partial charge on any atom is -0.293 e. The molecular weight excluding hydrogens is 204 g/mol. The lowest BCUT2D eigenvalue weighted by Gasteiger charge is -2.02. The molecule has 1 aromatic heterocycles. The fourth-order valence-corrected chi connectivity index (χ4v) is 1.34. The first-order valence-corrected chi connectivity index (χ1v) is 4.66. The van der Waals surface area contributed by atoms with Gasteiger partial charge in [0.15, 0.2) is 5.78 Å². The number of ketones is 1. The summed E-state index contributed by atoms with van der Waals surface area (Å²) < 4.78 is 1.56. The second-order valence-corrected chi connectivity index (χ2v) is 3.15. The Morgan fingerprint density at radius 3 is 3.06 bits per heavy atom. The molecule has 0 unspecified atom stereocenters. The van der Waals surface area contributed by atoms with Gasteiger partial charge in [-0.2, -0.15) is 10.4 Å². The van der Waals surface area contributed by atoms with E-state index in [4.69, 9.17) is 5.26 Å². The number of carbonyl (C=O) groups is 1. The van der Waals surface area contributed by atoms with Crippen molar-refractivity contribution < 1.29 is 4.79 Å². The predicted molar refractivity (Wildman–Crippen MR) is 55.9 cm³/mol. The molecule has 0 saturated heterocycles. The summed E-state index contributed by atoms with van der Waals surface area (Å²) in [5, 5.41) is 12.4. The molecule has 5 nitrogen and oxygen atoms in total. The van der Waals surface area contributed by atoms with E-state index in [0.717, 1.165) is 5.69 Å². The molecule has 0 aliphatic heterocycles. The maximum atomic E-state index is 11.5. The van der Waals surface area contributed by atoms with Gasteiger partial charge < -0.3 is 0 Å². The van der Waals surface area contributed by atoms with Crippen LogP contribution in [0.4, 0.5) is 0 Å². The third-order valence-electron chi connectivity index (χ3n) is 2.09. The summed E-state index contributed by atoms with van der Waals surface area (Å²) in [6, 6.07) is 8.77. The average Bonchev–Trinajstić information content (AvgIpc) is 2.83. The summed E-state index contributed by atoms with van der Waals surface area (Å²) >= 11 is 0. The first-order chi connectivity index (χ1) is 7.81. The molecule has 5 heteroatoms. The monoisotopic (exact) mass is 212 g/mol. The van der Waals surface area contributed by atoms with E-state index in [9.17, 15) is 4.79 Å². The fraction of sp³-hybridized carbons (Fsp3) is 0.0909. The van der Waals surface area contributed by atoms with E-state index in [1.807, 2.05) is 12.1 Å². The number of nitriles is 1. The lowest BCUT2D eigenvalue weighted by molar-refractivity contribution is 0.0997. The van der Waals surface area contributed by atoms with Crippen LogP contribution in [0.25, 0.3) is 5.69 Å². The summed E-state index contributed by atoms with van der Waals surface area (Å²) in [5.74, 6) is -0.190. The fourth-order valence-electron chi connectivity index (χ4n) is 1.34. The second-order valence-electron chi connectivity index (χ2n) is 3.15. The van der Waals surface area contributed by atoms with E-state index < -0.39 is 0 Å². The molecule has 0 amide bonds. The van der Waals surface area contributed by atoms with Crippen molar-refractivity contribution in [3.05, 3.63) is 42.5 Å². The van der Waals surface area contributed by atoms with Crippen molar-refractivity contribution >= 4 is 5.78 Å². The maximum Gasteiger partial charge on any atom is 0.176 e. The molecule has 0 aliphatic carbocycles. The molecule has 0 radical (unpaired) electrons. The van der Waals surface area contributed by atoms with Gasteiger partial charge in [-0.1, -0.05) is 12.1 Å². The molecule has 78 valence electrons. The molecule has 2 rings (SSSR count). The molecule has 0 saturated carbocycles. The number of benzene rings is 1. The Morgan fingerprint density at radius 2 is 2.38 bits per heavy atom. The highest BCUT2D eigenvalue weighted by atomic mass is 16.1. The third kappa shape index (κ3) is 1.96.